The summed E-state index contributed by atoms with van der Waals surface area (Å²) in [5.74, 6) is -0.647. The average Bonchev–Trinajstić information content (AvgIpc) is 2.59. The summed E-state index contributed by atoms with van der Waals surface area (Å²) in [7, 11) is -3.94. The van der Waals surface area contributed by atoms with Crippen LogP contribution in [0.2, 0.25) is 0 Å². The SMILES string of the molecule is CC(=O)c1cccc(S(=O)(=O)NNC(=O)CSc2ccc(C)cc2)c1. The number of carbonyl (C=O) groups is 2. The maximum absolute atomic E-state index is 12.2. The molecule has 0 unspecified atom stereocenters. The molecule has 132 valence electrons. The molecule has 2 aromatic rings. The van der Waals surface area contributed by atoms with Crippen molar-refractivity contribution in [2.45, 2.75) is 23.6 Å². The van der Waals surface area contributed by atoms with Gasteiger partial charge in [-0.15, -0.1) is 16.6 Å². The van der Waals surface area contributed by atoms with Gasteiger partial charge in [0.25, 0.3) is 10.0 Å². The van der Waals surface area contributed by atoms with E-state index < -0.39 is 15.9 Å². The molecular formula is C17H18N2O4S2. The van der Waals surface area contributed by atoms with Crippen LogP contribution in [0.25, 0.3) is 0 Å². The van der Waals surface area contributed by atoms with E-state index in [9.17, 15) is 18.0 Å². The van der Waals surface area contributed by atoms with E-state index >= 15 is 0 Å². The first-order chi connectivity index (χ1) is 11.8. The topological polar surface area (TPSA) is 92.3 Å². The third-order valence-corrected chi connectivity index (χ3v) is 5.52. The molecule has 0 saturated carbocycles. The molecular weight excluding hydrogens is 360 g/mol. The van der Waals surface area contributed by atoms with E-state index in [0.29, 0.717) is 0 Å². The van der Waals surface area contributed by atoms with Gasteiger partial charge < -0.3 is 0 Å². The molecule has 2 N–H and O–H groups in total. The van der Waals surface area contributed by atoms with Gasteiger partial charge in [0.1, 0.15) is 0 Å². The zero-order valence-corrected chi connectivity index (χ0v) is 15.4. The average molecular weight is 378 g/mol. The van der Waals surface area contributed by atoms with Crippen LogP contribution in [0, 0.1) is 6.92 Å². The van der Waals surface area contributed by atoms with Gasteiger partial charge in [0.2, 0.25) is 5.91 Å². The maximum atomic E-state index is 12.2. The molecule has 0 saturated heterocycles. The summed E-state index contributed by atoms with van der Waals surface area (Å²) in [5.41, 5.74) is 3.57. The van der Waals surface area contributed by atoms with Crippen molar-refractivity contribution >= 4 is 33.5 Å². The van der Waals surface area contributed by atoms with Crippen LogP contribution < -0.4 is 10.3 Å². The summed E-state index contributed by atoms with van der Waals surface area (Å²) >= 11 is 1.30. The molecule has 2 aromatic carbocycles. The lowest BCUT2D eigenvalue weighted by molar-refractivity contribution is -0.119. The highest BCUT2D eigenvalue weighted by atomic mass is 32.2. The molecule has 0 aromatic heterocycles. The third kappa shape index (κ3) is 5.70. The van der Waals surface area contributed by atoms with Crippen LogP contribution in [0.1, 0.15) is 22.8 Å². The van der Waals surface area contributed by atoms with Gasteiger partial charge in [-0.2, -0.15) is 0 Å². The number of aryl methyl sites for hydroxylation is 1. The number of carbonyl (C=O) groups excluding carboxylic acids is 2. The zero-order valence-electron chi connectivity index (χ0n) is 13.8. The molecule has 25 heavy (non-hydrogen) atoms. The van der Waals surface area contributed by atoms with E-state index in [1.54, 1.807) is 0 Å². The van der Waals surface area contributed by atoms with E-state index in [2.05, 4.69) is 5.43 Å². The van der Waals surface area contributed by atoms with E-state index in [1.807, 2.05) is 36.0 Å². The smallest absolute Gasteiger partial charge is 0.257 e. The minimum Gasteiger partial charge on any atom is -0.295 e. The van der Waals surface area contributed by atoms with Crippen molar-refractivity contribution in [2.24, 2.45) is 0 Å². The van der Waals surface area contributed by atoms with Crippen molar-refractivity contribution < 1.29 is 18.0 Å². The van der Waals surface area contributed by atoms with Crippen molar-refractivity contribution in [3.05, 3.63) is 59.7 Å². The Kier molecular flexibility index (Phi) is 6.35. The molecule has 0 heterocycles. The number of rotatable bonds is 7. The van der Waals surface area contributed by atoms with Crippen LogP contribution in [-0.4, -0.2) is 25.9 Å². The fourth-order valence-electron chi connectivity index (χ4n) is 1.88. The molecule has 2 rings (SSSR count). The van der Waals surface area contributed by atoms with E-state index in [4.69, 9.17) is 0 Å². The highest BCUT2D eigenvalue weighted by molar-refractivity contribution is 8.00. The van der Waals surface area contributed by atoms with Crippen LogP contribution in [0.15, 0.2) is 58.3 Å². The molecule has 1 amide bonds. The number of hydrazine groups is 1. The zero-order chi connectivity index (χ0) is 18.4. The van der Waals surface area contributed by atoms with Crippen molar-refractivity contribution in [3.63, 3.8) is 0 Å². The second-order valence-electron chi connectivity index (χ2n) is 5.34. The number of nitrogens with one attached hydrogen (secondary N) is 2. The van der Waals surface area contributed by atoms with Crippen molar-refractivity contribution in [1.29, 1.82) is 0 Å². The van der Waals surface area contributed by atoms with Gasteiger partial charge in [0.05, 0.1) is 10.6 Å². The van der Waals surface area contributed by atoms with Gasteiger partial charge in [0.15, 0.2) is 5.78 Å². The first kappa shape index (κ1) is 19.2. The number of Topliss-reactive ketones (excluding diaryl/α,β-unsaturated/α-hetero) is 1. The normalized spacial score (nSPS) is 11.1. The Hall–Kier alpha value is -2.16. The van der Waals surface area contributed by atoms with Crippen molar-refractivity contribution in [2.75, 3.05) is 5.75 Å². The highest BCUT2D eigenvalue weighted by Gasteiger charge is 2.16. The van der Waals surface area contributed by atoms with Gasteiger partial charge in [-0.25, -0.2) is 8.42 Å². The summed E-state index contributed by atoms with van der Waals surface area (Å²) in [6, 6.07) is 13.3. The lowest BCUT2D eigenvalue weighted by Crippen LogP contribution is -2.42. The van der Waals surface area contributed by atoms with Gasteiger partial charge in [0, 0.05) is 10.5 Å². The van der Waals surface area contributed by atoms with Gasteiger partial charge in [-0.05, 0) is 38.1 Å². The maximum Gasteiger partial charge on any atom is 0.257 e. The number of thioether (sulfide) groups is 1. The predicted molar refractivity (Wildman–Crippen MR) is 96.8 cm³/mol. The van der Waals surface area contributed by atoms with E-state index in [0.717, 1.165) is 10.5 Å². The number of hydrogen-bond acceptors (Lipinski definition) is 5. The molecule has 0 aliphatic heterocycles. The Morgan fingerprint density at radius 1 is 1.08 bits per heavy atom. The first-order valence-electron chi connectivity index (χ1n) is 7.39. The molecule has 0 aliphatic carbocycles. The minimum absolute atomic E-state index is 0.0685. The predicted octanol–water partition coefficient (Wildman–Crippen LogP) is 2.30. The number of ketones is 1. The number of benzene rings is 2. The highest BCUT2D eigenvalue weighted by Crippen LogP contribution is 2.17. The summed E-state index contributed by atoms with van der Waals surface area (Å²) < 4.78 is 24.4. The minimum atomic E-state index is -3.94. The standard InChI is InChI=1S/C17H18N2O4S2/c1-12-6-8-15(9-7-12)24-11-17(21)18-19-25(22,23)16-5-3-4-14(10-16)13(2)20/h3-10,19H,11H2,1-2H3,(H,18,21). The quantitative estimate of drug-likeness (QED) is 0.438. The Balaban J connectivity index is 1.92. The van der Waals surface area contributed by atoms with Crippen LogP contribution in [0.3, 0.4) is 0 Å². The molecule has 8 heteroatoms. The van der Waals surface area contributed by atoms with Gasteiger partial charge >= 0.3 is 0 Å². The lowest BCUT2D eigenvalue weighted by atomic mass is 10.2. The number of amides is 1. The molecule has 0 radical (unpaired) electrons. The Labute approximate surface area is 151 Å². The number of sulfonamides is 1. The van der Waals surface area contributed by atoms with Crippen molar-refractivity contribution in [3.8, 4) is 0 Å². The summed E-state index contributed by atoms with van der Waals surface area (Å²) in [5, 5.41) is 0. The van der Waals surface area contributed by atoms with Crippen molar-refractivity contribution in [1.82, 2.24) is 10.3 Å². The molecule has 6 nitrogen and oxygen atoms in total. The fraction of sp³-hybridized carbons (Fsp3) is 0.176. The molecule has 0 bridgehead atoms. The summed E-state index contributed by atoms with van der Waals surface area (Å²) in [6.45, 7) is 3.32. The molecule has 0 atom stereocenters. The molecule has 0 fully saturated rings. The van der Waals surface area contributed by atoms with E-state index in [1.165, 1.54) is 43.0 Å². The summed E-state index contributed by atoms with van der Waals surface area (Å²) in [6.07, 6.45) is 0. The van der Waals surface area contributed by atoms with Gasteiger partial charge in [-0.1, -0.05) is 29.8 Å². The third-order valence-electron chi connectivity index (χ3n) is 3.27. The second-order valence-corrected chi connectivity index (χ2v) is 8.07. The Morgan fingerprint density at radius 2 is 1.76 bits per heavy atom. The monoisotopic (exact) mass is 378 g/mol. The van der Waals surface area contributed by atoms with Gasteiger partial charge in [-0.3, -0.25) is 15.0 Å². The first-order valence-corrected chi connectivity index (χ1v) is 9.86. The van der Waals surface area contributed by atoms with Crippen LogP contribution >= 0.6 is 11.8 Å². The Morgan fingerprint density at radius 3 is 2.40 bits per heavy atom. The number of hydrogen-bond donors (Lipinski definition) is 2. The second kappa shape index (κ2) is 8.28. The van der Waals surface area contributed by atoms with Crippen LogP contribution in [-0.2, 0) is 14.8 Å². The fourth-order valence-corrected chi connectivity index (χ4v) is 3.49. The van der Waals surface area contributed by atoms with Crippen LogP contribution in [0.4, 0.5) is 0 Å². The largest absolute Gasteiger partial charge is 0.295 e. The molecule has 0 spiro atoms. The summed E-state index contributed by atoms with van der Waals surface area (Å²) in [4.78, 5) is 26.0. The van der Waals surface area contributed by atoms with Crippen LogP contribution in [0.5, 0.6) is 0 Å². The van der Waals surface area contributed by atoms with E-state index in [-0.39, 0.29) is 22.0 Å². The Bertz CT molecular complexity index is 878. The lowest BCUT2D eigenvalue weighted by Gasteiger charge is -2.09. The molecule has 0 aliphatic rings.